The highest BCUT2D eigenvalue weighted by atomic mass is 16.5. The summed E-state index contributed by atoms with van der Waals surface area (Å²) < 4.78 is 5.58. The summed E-state index contributed by atoms with van der Waals surface area (Å²) in [6.45, 7) is 16.7. The summed E-state index contributed by atoms with van der Waals surface area (Å²) in [6.07, 6.45) is 1.44. The van der Waals surface area contributed by atoms with Gasteiger partial charge in [-0.2, -0.15) is 0 Å². The zero-order valence-corrected chi connectivity index (χ0v) is 20.0. The van der Waals surface area contributed by atoms with E-state index in [1.54, 1.807) is 0 Å². The maximum absolute atomic E-state index is 12.1. The van der Waals surface area contributed by atoms with Crippen LogP contribution in [0.1, 0.15) is 97.8 Å². The first-order valence-corrected chi connectivity index (χ1v) is 10.9. The topological polar surface area (TPSA) is 83.8 Å². The Morgan fingerprint density at radius 2 is 1.63 bits per heavy atom. The molecule has 170 valence electrons. The molecule has 0 heterocycles. The van der Waals surface area contributed by atoms with Crippen molar-refractivity contribution < 1.29 is 24.5 Å². The predicted molar refractivity (Wildman–Crippen MR) is 120 cm³/mol. The van der Waals surface area contributed by atoms with Crippen molar-refractivity contribution in [2.24, 2.45) is 5.92 Å². The number of phenols is 1. The lowest BCUT2D eigenvalue weighted by Gasteiger charge is -2.29. The Balaban J connectivity index is 3.07. The first-order valence-electron chi connectivity index (χ1n) is 10.9. The lowest BCUT2D eigenvalue weighted by Crippen LogP contribution is -2.26. The van der Waals surface area contributed by atoms with Gasteiger partial charge in [0.15, 0.2) is 0 Å². The molecule has 0 spiro atoms. The molecule has 1 rings (SSSR count). The van der Waals surface area contributed by atoms with Gasteiger partial charge < -0.3 is 14.9 Å². The number of hydrogen-bond donors (Lipinski definition) is 2. The summed E-state index contributed by atoms with van der Waals surface area (Å²) in [6, 6.07) is 4.18. The molecule has 0 fully saturated rings. The molecule has 0 aliphatic carbocycles. The third kappa shape index (κ3) is 7.66. The minimum Gasteiger partial charge on any atom is -0.507 e. The number of hydrogen-bond acceptors (Lipinski definition) is 4. The number of carbonyl (C=O) groups excluding carboxylic acids is 1. The Labute approximate surface area is 181 Å². The van der Waals surface area contributed by atoms with Gasteiger partial charge in [-0.3, -0.25) is 9.59 Å². The number of ether oxygens (including phenoxy) is 1. The van der Waals surface area contributed by atoms with Gasteiger partial charge in [0.2, 0.25) is 0 Å². The van der Waals surface area contributed by atoms with E-state index in [4.69, 9.17) is 9.84 Å². The predicted octanol–water partition coefficient (Wildman–Crippen LogP) is 5.74. The highest BCUT2D eigenvalue weighted by molar-refractivity contribution is 5.71. The number of aromatic hydroxyl groups is 1. The molecule has 2 atom stereocenters. The summed E-state index contributed by atoms with van der Waals surface area (Å²) in [7, 11) is 0. The van der Waals surface area contributed by atoms with Crippen LogP contribution in [0.2, 0.25) is 0 Å². The third-order valence-corrected chi connectivity index (χ3v) is 5.62. The molecule has 1 aromatic rings. The standard InChI is InChI=1S/C25H40O5/c1-9-17(16(2)30-22(28)12-10-11-21(26)27)13-18-14-19(24(3,4)5)15-20(23(18)29)25(6,7)8/h14-17,29H,9-13H2,1-8H3,(H,26,27). The number of phenolic OH excluding ortho intramolecular Hbond substituents is 1. The van der Waals surface area contributed by atoms with Crippen molar-refractivity contribution >= 4 is 11.9 Å². The summed E-state index contributed by atoms with van der Waals surface area (Å²) in [4.78, 5) is 22.7. The molecule has 2 unspecified atom stereocenters. The second-order valence-corrected chi connectivity index (χ2v) is 10.3. The minimum absolute atomic E-state index is 0.0380. The largest absolute Gasteiger partial charge is 0.507 e. The SMILES string of the molecule is CCC(Cc1cc(C(C)(C)C)cc(C(C)(C)C)c1O)C(C)OC(=O)CCCC(=O)O. The smallest absolute Gasteiger partial charge is 0.306 e. The monoisotopic (exact) mass is 420 g/mol. The van der Waals surface area contributed by atoms with Crippen molar-refractivity contribution in [1.29, 1.82) is 0 Å². The number of esters is 1. The Bertz CT molecular complexity index is 737. The lowest BCUT2D eigenvalue weighted by molar-refractivity contribution is -0.151. The fourth-order valence-electron chi connectivity index (χ4n) is 3.53. The molecular weight excluding hydrogens is 380 g/mol. The second-order valence-electron chi connectivity index (χ2n) is 10.3. The van der Waals surface area contributed by atoms with Gasteiger partial charge in [-0.15, -0.1) is 0 Å². The molecule has 0 radical (unpaired) electrons. The quantitative estimate of drug-likeness (QED) is 0.498. The van der Waals surface area contributed by atoms with Gasteiger partial charge in [-0.1, -0.05) is 60.6 Å². The van der Waals surface area contributed by atoms with Crippen LogP contribution < -0.4 is 0 Å². The van der Waals surface area contributed by atoms with E-state index in [2.05, 4.69) is 60.6 Å². The fraction of sp³-hybridized carbons (Fsp3) is 0.680. The van der Waals surface area contributed by atoms with Gasteiger partial charge >= 0.3 is 11.9 Å². The molecule has 5 nitrogen and oxygen atoms in total. The summed E-state index contributed by atoms with van der Waals surface area (Å²) in [5, 5.41) is 19.7. The van der Waals surface area contributed by atoms with Gasteiger partial charge in [0.1, 0.15) is 11.9 Å². The number of carboxylic acid groups (broad SMARTS) is 1. The minimum atomic E-state index is -0.911. The summed E-state index contributed by atoms with van der Waals surface area (Å²) in [5.74, 6) is -0.896. The van der Waals surface area contributed by atoms with Gasteiger partial charge in [-0.05, 0) is 59.6 Å². The number of carbonyl (C=O) groups is 2. The van der Waals surface area contributed by atoms with Gasteiger partial charge in [0, 0.05) is 12.8 Å². The van der Waals surface area contributed by atoms with Crippen LogP contribution in [0.5, 0.6) is 5.75 Å². The van der Waals surface area contributed by atoms with E-state index in [1.165, 1.54) is 5.56 Å². The van der Waals surface area contributed by atoms with Crippen LogP contribution in [0, 0.1) is 5.92 Å². The molecule has 0 aromatic heterocycles. The first-order chi connectivity index (χ1) is 13.7. The van der Waals surface area contributed by atoms with E-state index >= 15 is 0 Å². The highest BCUT2D eigenvalue weighted by Crippen LogP contribution is 2.39. The van der Waals surface area contributed by atoms with Crippen molar-refractivity contribution in [2.45, 2.75) is 104 Å². The number of aliphatic carboxylic acids is 1. The molecule has 0 saturated carbocycles. The summed E-state index contributed by atoms with van der Waals surface area (Å²) in [5.41, 5.74) is 2.75. The third-order valence-electron chi connectivity index (χ3n) is 5.62. The van der Waals surface area contributed by atoms with Gasteiger partial charge in [-0.25, -0.2) is 0 Å². The van der Waals surface area contributed by atoms with E-state index in [0.717, 1.165) is 17.5 Å². The van der Waals surface area contributed by atoms with Crippen LogP contribution in [-0.4, -0.2) is 28.3 Å². The molecule has 0 aliphatic heterocycles. The van der Waals surface area contributed by atoms with Crippen LogP contribution in [0.25, 0.3) is 0 Å². The zero-order chi connectivity index (χ0) is 23.3. The molecular formula is C25H40O5. The lowest BCUT2D eigenvalue weighted by atomic mass is 9.77. The molecule has 0 bridgehead atoms. The molecule has 1 aromatic carbocycles. The maximum atomic E-state index is 12.1. The van der Waals surface area contributed by atoms with E-state index in [1.807, 2.05) is 6.92 Å². The van der Waals surface area contributed by atoms with Gasteiger partial charge in [0.25, 0.3) is 0 Å². The van der Waals surface area contributed by atoms with E-state index in [0.29, 0.717) is 12.2 Å². The number of benzene rings is 1. The Hall–Kier alpha value is -2.04. The zero-order valence-electron chi connectivity index (χ0n) is 20.0. The van der Waals surface area contributed by atoms with Gasteiger partial charge in [0.05, 0.1) is 0 Å². The molecule has 2 N–H and O–H groups in total. The van der Waals surface area contributed by atoms with Crippen molar-refractivity contribution in [2.75, 3.05) is 0 Å². The number of carboxylic acids is 1. The second kappa shape index (κ2) is 10.3. The van der Waals surface area contributed by atoms with Crippen molar-refractivity contribution in [3.8, 4) is 5.75 Å². The van der Waals surface area contributed by atoms with Crippen LogP contribution in [0.4, 0.5) is 0 Å². The van der Waals surface area contributed by atoms with E-state index < -0.39 is 5.97 Å². The molecule has 0 aliphatic rings. The average Bonchev–Trinajstić information content (AvgIpc) is 2.58. The van der Waals surface area contributed by atoms with Crippen LogP contribution in [0.15, 0.2) is 12.1 Å². The Morgan fingerprint density at radius 3 is 2.10 bits per heavy atom. The molecule has 0 saturated heterocycles. The highest BCUT2D eigenvalue weighted by Gasteiger charge is 2.27. The van der Waals surface area contributed by atoms with Crippen molar-refractivity contribution in [1.82, 2.24) is 0 Å². The Morgan fingerprint density at radius 1 is 1.03 bits per heavy atom. The molecule has 0 amide bonds. The number of rotatable bonds is 9. The molecule has 30 heavy (non-hydrogen) atoms. The Kier molecular flexibility index (Phi) is 8.94. The normalized spacial score (nSPS) is 14.3. The van der Waals surface area contributed by atoms with Crippen LogP contribution >= 0.6 is 0 Å². The van der Waals surface area contributed by atoms with E-state index in [9.17, 15) is 14.7 Å². The first kappa shape index (κ1) is 26.0. The average molecular weight is 421 g/mol. The van der Waals surface area contributed by atoms with Crippen molar-refractivity contribution in [3.63, 3.8) is 0 Å². The summed E-state index contributed by atoms with van der Waals surface area (Å²) >= 11 is 0. The van der Waals surface area contributed by atoms with Crippen molar-refractivity contribution in [3.05, 3.63) is 28.8 Å². The molecule has 5 heteroatoms. The maximum Gasteiger partial charge on any atom is 0.306 e. The fourth-order valence-corrected chi connectivity index (χ4v) is 3.53. The van der Waals surface area contributed by atoms with Crippen LogP contribution in [0.3, 0.4) is 0 Å². The van der Waals surface area contributed by atoms with E-state index in [-0.39, 0.29) is 48.1 Å². The van der Waals surface area contributed by atoms with Crippen LogP contribution in [-0.2, 0) is 31.6 Å².